The van der Waals surface area contributed by atoms with Crippen LogP contribution in [0.25, 0.3) is 0 Å². The summed E-state index contributed by atoms with van der Waals surface area (Å²) in [6, 6.07) is 1.82. The lowest BCUT2D eigenvalue weighted by molar-refractivity contribution is -0.122. The molecule has 0 spiro atoms. The first-order chi connectivity index (χ1) is 10.0. The van der Waals surface area contributed by atoms with E-state index in [0.29, 0.717) is 11.4 Å². The van der Waals surface area contributed by atoms with Gasteiger partial charge in [0.25, 0.3) is 5.91 Å². The van der Waals surface area contributed by atoms with Gasteiger partial charge in [-0.2, -0.15) is 0 Å². The summed E-state index contributed by atoms with van der Waals surface area (Å²) in [5.41, 5.74) is 12.3. The minimum Gasteiger partial charge on any atom is -0.397 e. The molecular weight excluding hydrogens is 268 g/mol. The molecule has 1 aliphatic carbocycles. The van der Waals surface area contributed by atoms with Crippen molar-refractivity contribution in [3.05, 3.63) is 18.0 Å². The van der Waals surface area contributed by atoms with Crippen molar-refractivity contribution in [2.24, 2.45) is 11.7 Å². The van der Waals surface area contributed by atoms with Gasteiger partial charge in [0.1, 0.15) is 5.69 Å². The van der Waals surface area contributed by atoms with E-state index in [1.165, 1.54) is 0 Å². The van der Waals surface area contributed by atoms with E-state index in [4.69, 9.17) is 11.5 Å². The lowest BCUT2D eigenvalue weighted by Gasteiger charge is -2.27. The number of rotatable bonds is 5. The van der Waals surface area contributed by atoms with E-state index in [2.05, 4.69) is 12.2 Å². The monoisotopic (exact) mass is 292 g/mol. The van der Waals surface area contributed by atoms with Crippen molar-refractivity contribution >= 4 is 17.5 Å². The highest BCUT2D eigenvalue weighted by Gasteiger charge is 2.26. The quantitative estimate of drug-likeness (QED) is 0.761. The Morgan fingerprint density at radius 2 is 2.00 bits per heavy atom. The van der Waals surface area contributed by atoms with Crippen LogP contribution in [-0.4, -0.2) is 22.4 Å². The van der Waals surface area contributed by atoms with Crippen LogP contribution in [0.5, 0.6) is 0 Å². The first kappa shape index (κ1) is 15.4. The Bertz CT molecular complexity index is 516. The number of anilines is 1. The largest absolute Gasteiger partial charge is 0.397 e. The maximum absolute atomic E-state index is 12.4. The zero-order valence-electron chi connectivity index (χ0n) is 12.5. The first-order valence-corrected chi connectivity index (χ1v) is 7.57. The average Bonchev–Trinajstić information content (AvgIpc) is 2.81. The third kappa shape index (κ3) is 3.77. The number of hydrogen-bond acceptors (Lipinski definition) is 3. The molecule has 0 aromatic carbocycles. The summed E-state index contributed by atoms with van der Waals surface area (Å²) < 4.78 is 1.89. The van der Waals surface area contributed by atoms with Crippen LogP contribution in [0.2, 0.25) is 0 Å². The van der Waals surface area contributed by atoms with Gasteiger partial charge in [-0.15, -0.1) is 0 Å². The van der Waals surface area contributed by atoms with Crippen LogP contribution >= 0.6 is 0 Å². The second-order valence-corrected chi connectivity index (χ2v) is 5.78. The number of nitrogens with one attached hydrogen (secondary N) is 1. The second-order valence-electron chi connectivity index (χ2n) is 5.78. The van der Waals surface area contributed by atoms with Gasteiger partial charge in [-0.3, -0.25) is 9.59 Å². The van der Waals surface area contributed by atoms with Crippen LogP contribution in [0.1, 0.15) is 49.5 Å². The van der Waals surface area contributed by atoms with Gasteiger partial charge in [0, 0.05) is 24.7 Å². The van der Waals surface area contributed by atoms with E-state index in [1.807, 2.05) is 4.57 Å². The number of primary amides is 1. The summed E-state index contributed by atoms with van der Waals surface area (Å²) in [5.74, 6) is -0.371. The highest BCUT2D eigenvalue weighted by atomic mass is 16.2. The third-order valence-corrected chi connectivity index (χ3v) is 4.08. The zero-order chi connectivity index (χ0) is 15.4. The fourth-order valence-corrected chi connectivity index (χ4v) is 2.93. The lowest BCUT2D eigenvalue weighted by atomic mass is 9.85. The molecule has 1 saturated carbocycles. The molecule has 21 heavy (non-hydrogen) atoms. The molecule has 2 amide bonds. The van der Waals surface area contributed by atoms with Crippen LogP contribution in [0.4, 0.5) is 5.69 Å². The zero-order valence-corrected chi connectivity index (χ0v) is 12.5. The summed E-state index contributed by atoms with van der Waals surface area (Å²) in [7, 11) is 0. The number of aryl methyl sites for hydroxylation is 1. The van der Waals surface area contributed by atoms with Gasteiger partial charge < -0.3 is 21.4 Å². The van der Waals surface area contributed by atoms with Crippen molar-refractivity contribution in [3.8, 4) is 0 Å². The number of amides is 2. The van der Waals surface area contributed by atoms with Crippen molar-refractivity contribution in [2.45, 2.75) is 51.6 Å². The van der Waals surface area contributed by atoms with Gasteiger partial charge >= 0.3 is 0 Å². The van der Waals surface area contributed by atoms with Crippen LogP contribution < -0.4 is 16.8 Å². The molecule has 1 aromatic heterocycles. The van der Waals surface area contributed by atoms with E-state index >= 15 is 0 Å². The summed E-state index contributed by atoms with van der Waals surface area (Å²) in [4.78, 5) is 23.5. The third-order valence-electron chi connectivity index (χ3n) is 4.08. The first-order valence-electron chi connectivity index (χ1n) is 7.57. The Balaban J connectivity index is 1.95. The molecule has 0 atom stereocenters. The number of nitrogen functional groups attached to an aromatic ring is 1. The molecule has 1 heterocycles. The Hall–Kier alpha value is -1.98. The number of nitrogens with zero attached hydrogens (tertiary/aromatic N) is 1. The van der Waals surface area contributed by atoms with E-state index in [9.17, 15) is 9.59 Å². The minimum atomic E-state index is -0.232. The van der Waals surface area contributed by atoms with Crippen LogP contribution in [0, 0.1) is 5.92 Å². The molecule has 0 radical (unpaired) electrons. The van der Waals surface area contributed by atoms with Crippen molar-refractivity contribution in [3.63, 3.8) is 0 Å². The van der Waals surface area contributed by atoms with Gasteiger partial charge in [-0.05, 0) is 38.2 Å². The fraction of sp³-hybridized carbons (Fsp3) is 0.600. The molecule has 2 rings (SSSR count). The average molecular weight is 292 g/mol. The molecule has 6 heteroatoms. The SMILES string of the molecule is CCCn1cc(N)cc1C(=O)NC1CCC(C(N)=O)CC1. The predicted molar refractivity (Wildman–Crippen MR) is 81.5 cm³/mol. The van der Waals surface area contributed by atoms with Gasteiger partial charge in [0.2, 0.25) is 5.91 Å². The highest BCUT2D eigenvalue weighted by Crippen LogP contribution is 2.24. The van der Waals surface area contributed by atoms with E-state index < -0.39 is 0 Å². The molecule has 0 aliphatic heterocycles. The summed E-state index contributed by atoms with van der Waals surface area (Å²) in [6.07, 6.45) is 5.82. The summed E-state index contributed by atoms with van der Waals surface area (Å²) in [6.45, 7) is 2.83. The van der Waals surface area contributed by atoms with Crippen LogP contribution in [0.15, 0.2) is 12.3 Å². The van der Waals surface area contributed by atoms with E-state index in [-0.39, 0.29) is 23.8 Å². The van der Waals surface area contributed by atoms with Gasteiger partial charge in [-0.1, -0.05) is 6.92 Å². The summed E-state index contributed by atoms with van der Waals surface area (Å²) >= 11 is 0. The molecular formula is C15H24N4O2. The molecule has 5 N–H and O–H groups in total. The van der Waals surface area contributed by atoms with Crippen molar-refractivity contribution in [1.82, 2.24) is 9.88 Å². The maximum atomic E-state index is 12.4. The Kier molecular flexibility index (Phi) is 4.88. The maximum Gasteiger partial charge on any atom is 0.268 e. The Morgan fingerprint density at radius 1 is 1.33 bits per heavy atom. The van der Waals surface area contributed by atoms with Gasteiger partial charge in [0.15, 0.2) is 0 Å². The number of carbonyl (C=O) groups is 2. The minimum absolute atomic E-state index is 0.0438. The molecule has 116 valence electrons. The van der Waals surface area contributed by atoms with Gasteiger partial charge in [-0.25, -0.2) is 0 Å². The standard InChI is InChI=1S/C15H24N4O2/c1-2-7-19-9-11(16)8-13(19)15(21)18-12-5-3-10(4-6-12)14(17)20/h8-10,12H,2-7,16H2,1H3,(H2,17,20)(H,18,21). The molecule has 0 saturated heterocycles. The topological polar surface area (TPSA) is 103 Å². The second kappa shape index (κ2) is 6.65. The lowest BCUT2D eigenvalue weighted by Crippen LogP contribution is -2.40. The van der Waals surface area contributed by atoms with Crippen LogP contribution in [-0.2, 0) is 11.3 Å². The van der Waals surface area contributed by atoms with Crippen molar-refractivity contribution in [1.29, 1.82) is 0 Å². The van der Waals surface area contributed by atoms with E-state index in [1.54, 1.807) is 12.3 Å². The van der Waals surface area contributed by atoms with Gasteiger partial charge in [0.05, 0.1) is 5.69 Å². The van der Waals surface area contributed by atoms with Crippen molar-refractivity contribution < 1.29 is 9.59 Å². The predicted octanol–water partition coefficient (Wildman–Crippen LogP) is 1.25. The number of carbonyl (C=O) groups excluding carboxylic acids is 2. The number of nitrogens with two attached hydrogens (primary N) is 2. The van der Waals surface area contributed by atoms with Crippen molar-refractivity contribution in [2.75, 3.05) is 5.73 Å². The van der Waals surface area contributed by atoms with E-state index in [0.717, 1.165) is 38.6 Å². The Morgan fingerprint density at radius 3 is 2.57 bits per heavy atom. The molecule has 1 aromatic rings. The normalized spacial score (nSPS) is 22.0. The van der Waals surface area contributed by atoms with Crippen LogP contribution in [0.3, 0.4) is 0 Å². The number of aromatic nitrogens is 1. The molecule has 1 aliphatic rings. The molecule has 0 unspecified atom stereocenters. The number of hydrogen-bond donors (Lipinski definition) is 3. The summed E-state index contributed by atoms with van der Waals surface area (Å²) in [5, 5.41) is 3.04. The Labute approximate surface area is 124 Å². The highest BCUT2D eigenvalue weighted by molar-refractivity contribution is 5.94. The fourth-order valence-electron chi connectivity index (χ4n) is 2.93. The molecule has 1 fully saturated rings. The smallest absolute Gasteiger partial charge is 0.268 e. The molecule has 6 nitrogen and oxygen atoms in total. The molecule has 0 bridgehead atoms.